The first-order chi connectivity index (χ1) is 9.22. The fourth-order valence-corrected chi connectivity index (χ4v) is 1.89. The van der Waals surface area contributed by atoms with Crippen molar-refractivity contribution in [2.24, 2.45) is 0 Å². The maximum Gasteiger partial charge on any atom is 0.150 e. The molecule has 0 atom stereocenters. The SMILES string of the molecule is COCc1cccc(Oc2ccc(C=O)cc2Cl)c1. The van der Waals surface area contributed by atoms with Crippen molar-refractivity contribution in [1.82, 2.24) is 0 Å². The molecule has 0 bridgehead atoms. The predicted molar refractivity (Wildman–Crippen MR) is 74.1 cm³/mol. The summed E-state index contributed by atoms with van der Waals surface area (Å²) in [5.74, 6) is 1.19. The average molecular weight is 277 g/mol. The number of aldehydes is 1. The van der Waals surface area contributed by atoms with Gasteiger partial charge in [-0.15, -0.1) is 0 Å². The monoisotopic (exact) mass is 276 g/mol. The lowest BCUT2D eigenvalue weighted by molar-refractivity contribution is 0.112. The third-order valence-corrected chi connectivity index (χ3v) is 2.82. The van der Waals surface area contributed by atoms with E-state index in [9.17, 15) is 4.79 Å². The van der Waals surface area contributed by atoms with Crippen LogP contribution in [0.3, 0.4) is 0 Å². The van der Waals surface area contributed by atoms with E-state index in [1.807, 2.05) is 24.3 Å². The van der Waals surface area contributed by atoms with Gasteiger partial charge in [0.05, 0.1) is 11.6 Å². The first-order valence-corrected chi connectivity index (χ1v) is 6.11. The van der Waals surface area contributed by atoms with Crippen LogP contribution in [0.5, 0.6) is 11.5 Å². The summed E-state index contributed by atoms with van der Waals surface area (Å²) < 4.78 is 10.8. The second kappa shape index (κ2) is 6.36. The molecule has 2 aromatic rings. The van der Waals surface area contributed by atoms with Crippen molar-refractivity contribution in [1.29, 1.82) is 0 Å². The zero-order valence-corrected chi connectivity index (χ0v) is 11.2. The maximum absolute atomic E-state index is 10.6. The Hall–Kier alpha value is -1.84. The smallest absolute Gasteiger partial charge is 0.150 e. The van der Waals surface area contributed by atoms with E-state index in [2.05, 4.69) is 0 Å². The van der Waals surface area contributed by atoms with Crippen LogP contribution in [0, 0.1) is 0 Å². The van der Waals surface area contributed by atoms with Gasteiger partial charge in [0.15, 0.2) is 0 Å². The molecule has 0 aliphatic rings. The molecule has 0 spiro atoms. The Bertz CT molecular complexity index is 581. The highest BCUT2D eigenvalue weighted by Gasteiger charge is 2.05. The van der Waals surface area contributed by atoms with Crippen LogP contribution in [0.2, 0.25) is 5.02 Å². The number of carbonyl (C=O) groups excluding carboxylic acids is 1. The van der Waals surface area contributed by atoms with Crippen LogP contribution >= 0.6 is 11.6 Å². The molecule has 2 rings (SSSR count). The zero-order valence-electron chi connectivity index (χ0n) is 10.4. The van der Waals surface area contributed by atoms with Gasteiger partial charge >= 0.3 is 0 Å². The number of rotatable bonds is 5. The molecule has 4 heteroatoms. The minimum Gasteiger partial charge on any atom is -0.456 e. The Balaban J connectivity index is 2.20. The van der Waals surface area contributed by atoms with E-state index in [4.69, 9.17) is 21.1 Å². The third-order valence-electron chi connectivity index (χ3n) is 2.53. The lowest BCUT2D eigenvalue weighted by Gasteiger charge is -2.09. The van der Waals surface area contributed by atoms with Gasteiger partial charge in [-0.2, -0.15) is 0 Å². The van der Waals surface area contributed by atoms with Crippen LogP contribution in [-0.2, 0) is 11.3 Å². The second-order valence-electron chi connectivity index (χ2n) is 3.99. The standard InChI is InChI=1S/C15H13ClO3/c1-18-10-12-3-2-4-13(7-12)19-15-6-5-11(9-17)8-14(15)16/h2-9H,10H2,1H3. The highest BCUT2D eigenvalue weighted by Crippen LogP contribution is 2.30. The molecule has 0 aromatic heterocycles. The molecular weight excluding hydrogens is 264 g/mol. The van der Waals surface area contributed by atoms with Gasteiger partial charge in [-0.25, -0.2) is 0 Å². The van der Waals surface area contributed by atoms with Gasteiger partial charge in [-0.1, -0.05) is 23.7 Å². The first kappa shape index (κ1) is 13.6. The average Bonchev–Trinajstić information content (AvgIpc) is 2.42. The number of hydrogen-bond donors (Lipinski definition) is 0. The van der Waals surface area contributed by atoms with E-state index >= 15 is 0 Å². The lowest BCUT2D eigenvalue weighted by atomic mass is 10.2. The Kier molecular flexibility index (Phi) is 4.55. The van der Waals surface area contributed by atoms with Crippen molar-refractivity contribution in [3.05, 3.63) is 58.6 Å². The fraction of sp³-hybridized carbons (Fsp3) is 0.133. The van der Waals surface area contributed by atoms with Crippen molar-refractivity contribution in [3.63, 3.8) is 0 Å². The normalized spacial score (nSPS) is 10.2. The number of carbonyl (C=O) groups is 1. The van der Waals surface area contributed by atoms with E-state index in [1.165, 1.54) is 0 Å². The van der Waals surface area contributed by atoms with Gasteiger partial charge in [-0.3, -0.25) is 4.79 Å². The summed E-state index contributed by atoms with van der Waals surface area (Å²) in [5.41, 5.74) is 1.53. The molecular formula is C15H13ClO3. The zero-order chi connectivity index (χ0) is 13.7. The van der Waals surface area contributed by atoms with Gasteiger partial charge < -0.3 is 9.47 Å². The van der Waals surface area contributed by atoms with Gasteiger partial charge in [0.2, 0.25) is 0 Å². The number of benzene rings is 2. The van der Waals surface area contributed by atoms with Crippen molar-refractivity contribution >= 4 is 17.9 Å². The number of methoxy groups -OCH3 is 1. The maximum atomic E-state index is 10.6. The van der Waals surface area contributed by atoms with Crippen LogP contribution < -0.4 is 4.74 Å². The summed E-state index contributed by atoms with van der Waals surface area (Å²) >= 11 is 6.05. The van der Waals surface area contributed by atoms with Gasteiger partial charge in [0.25, 0.3) is 0 Å². The van der Waals surface area contributed by atoms with Crippen LogP contribution in [0.4, 0.5) is 0 Å². The number of ether oxygens (including phenoxy) is 2. The molecule has 0 heterocycles. The highest BCUT2D eigenvalue weighted by atomic mass is 35.5. The molecule has 19 heavy (non-hydrogen) atoms. The highest BCUT2D eigenvalue weighted by molar-refractivity contribution is 6.32. The van der Waals surface area contributed by atoms with Gasteiger partial charge in [0, 0.05) is 12.7 Å². The molecule has 0 aliphatic carbocycles. The van der Waals surface area contributed by atoms with Crippen LogP contribution in [0.25, 0.3) is 0 Å². The largest absolute Gasteiger partial charge is 0.456 e. The molecule has 0 saturated heterocycles. The molecule has 98 valence electrons. The van der Waals surface area contributed by atoms with Gasteiger partial charge in [0.1, 0.15) is 17.8 Å². The van der Waals surface area contributed by atoms with E-state index in [1.54, 1.807) is 25.3 Å². The summed E-state index contributed by atoms with van der Waals surface area (Å²) in [4.78, 5) is 10.6. The Morgan fingerprint density at radius 2 is 2.05 bits per heavy atom. The van der Waals surface area contributed by atoms with Crippen molar-refractivity contribution < 1.29 is 14.3 Å². The van der Waals surface area contributed by atoms with Crippen LogP contribution in [0.15, 0.2) is 42.5 Å². The molecule has 3 nitrogen and oxygen atoms in total. The molecule has 0 radical (unpaired) electrons. The number of halogens is 1. The van der Waals surface area contributed by atoms with Crippen molar-refractivity contribution in [2.45, 2.75) is 6.61 Å². The van der Waals surface area contributed by atoms with Crippen LogP contribution in [0.1, 0.15) is 15.9 Å². The molecule has 0 aliphatic heterocycles. The van der Waals surface area contributed by atoms with Crippen molar-refractivity contribution in [3.8, 4) is 11.5 Å². The first-order valence-electron chi connectivity index (χ1n) is 5.73. The lowest BCUT2D eigenvalue weighted by Crippen LogP contribution is -1.90. The fourth-order valence-electron chi connectivity index (χ4n) is 1.67. The Labute approximate surface area is 116 Å². The minimum atomic E-state index is 0.404. The molecule has 0 fully saturated rings. The number of hydrogen-bond acceptors (Lipinski definition) is 3. The minimum absolute atomic E-state index is 0.404. The molecule has 0 unspecified atom stereocenters. The van der Waals surface area contributed by atoms with E-state index in [0.717, 1.165) is 11.8 Å². The van der Waals surface area contributed by atoms with Gasteiger partial charge in [-0.05, 0) is 35.9 Å². The quantitative estimate of drug-likeness (QED) is 0.772. The van der Waals surface area contributed by atoms with E-state index in [0.29, 0.717) is 28.7 Å². The molecule has 2 aromatic carbocycles. The Morgan fingerprint density at radius 3 is 2.74 bits per heavy atom. The summed E-state index contributed by atoms with van der Waals surface area (Å²) in [6, 6.07) is 12.5. The predicted octanol–water partition coefficient (Wildman–Crippen LogP) is 4.09. The topological polar surface area (TPSA) is 35.5 Å². The molecule has 0 saturated carbocycles. The second-order valence-corrected chi connectivity index (χ2v) is 4.40. The summed E-state index contributed by atoms with van der Waals surface area (Å²) in [7, 11) is 1.64. The van der Waals surface area contributed by atoms with E-state index < -0.39 is 0 Å². The summed E-state index contributed by atoms with van der Waals surface area (Å²) in [5, 5.41) is 0.404. The van der Waals surface area contributed by atoms with Crippen LogP contribution in [-0.4, -0.2) is 13.4 Å². The Morgan fingerprint density at radius 1 is 1.21 bits per heavy atom. The third kappa shape index (κ3) is 3.56. The summed E-state index contributed by atoms with van der Waals surface area (Å²) in [6.07, 6.45) is 0.745. The molecule has 0 amide bonds. The van der Waals surface area contributed by atoms with E-state index in [-0.39, 0.29) is 0 Å². The summed E-state index contributed by atoms with van der Waals surface area (Å²) in [6.45, 7) is 0.523. The molecule has 0 N–H and O–H groups in total. The van der Waals surface area contributed by atoms with Crippen molar-refractivity contribution in [2.75, 3.05) is 7.11 Å².